The normalized spacial score (nSPS) is 11.9. The lowest BCUT2D eigenvalue weighted by Crippen LogP contribution is -1.97. The maximum Gasteiger partial charge on any atom is 0.0900 e. The summed E-state index contributed by atoms with van der Waals surface area (Å²) in [6.07, 6.45) is 0. The summed E-state index contributed by atoms with van der Waals surface area (Å²) in [6, 6.07) is 114. The van der Waals surface area contributed by atoms with E-state index >= 15 is 0 Å². The van der Waals surface area contributed by atoms with E-state index in [0.29, 0.717) is 0 Å². The molecule has 0 bridgehead atoms. The van der Waals surface area contributed by atoms with E-state index in [9.17, 15) is 0 Å². The third-order valence-electron chi connectivity index (χ3n) is 17.9. The van der Waals surface area contributed by atoms with Gasteiger partial charge in [-0.2, -0.15) is 0 Å². The molecule has 0 aliphatic carbocycles. The number of hydrogen-bond acceptors (Lipinski definition) is 2. The highest BCUT2D eigenvalue weighted by Crippen LogP contribution is 2.43. The fraction of sp³-hybridized carbons (Fsp3) is 0. The summed E-state index contributed by atoms with van der Waals surface area (Å²) in [4.78, 5) is 11.5. The molecule has 6 nitrogen and oxygen atoms in total. The lowest BCUT2D eigenvalue weighted by molar-refractivity contribution is 1.18. The Kier molecular flexibility index (Phi) is 11.2. The highest BCUT2D eigenvalue weighted by atomic mass is 15.0. The molecular weight excluding hydrogens is 1070 g/mol. The van der Waals surface area contributed by atoms with E-state index in [0.717, 1.165) is 123 Å². The van der Waals surface area contributed by atoms with Gasteiger partial charge in [-0.25, -0.2) is 9.97 Å². The Labute approximate surface area is 507 Å². The first-order chi connectivity index (χ1) is 43.6. The van der Waals surface area contributed by atoms with Crippen molar-refractivity contribution in [2.45, 2.75) is 0 Å². The van der Waals surface area contributed by atoms with E-state index in [1.54, 1.807) is 0 Å². The Morgan fingerprint density at radius 2 is 0.386 bits per heavy atom. The van der Waals surface area contributed by atoms with E-state index in [-0.39, 0.29) is 0 Å². The third kappa shape index (κ3) is 7.89. The van der Waals surface area contributed by atoms with Crippen LogP contribution >= 0.6 is 0 Å². The van der Waals surface area contributed by atoms with Crippen molar-refractivity contribution >= 4 is 87.2 Å². The number of nitrogens with zero attached hydrogens (tertiary/aromatic N) is 6. The molecule has 6 aromatic heterocycles. The Balaban J connectivity index is 0.903. The smallest absolute Gasteiger partial charge is 0.0900 e. The molecule has 88 heavy (non-hydrogen) atoms. The van der Waals surface area contributed by atoms with Crippen molar-refractivity contribution in [3.05, 3.63) is 315 Å². The van der Waals surface area contributed by atoms with Gasteiger partial charge >= 0.3 is 0 Å². The minimum absolute atomic E-state index is 0.766. The first-order valence-electron chi connectivity index (χ1n) is 30.0. The Hall–Kier alpha value is -11.9. The largest absolute Gasteiger partial charge is 0.309 e. The molecule has 0 aliphatic heterocycles. The van der Waals surface area contributed by atoms with Gasteiger partial charge < -0.3 is 18.3 Å². The average Bonchev–Trinajstić information content (AvgIpc) is 1.86. The SMILES string of the molecule is c1ccc(-n2c3ccccc3c3ccc(-c4cc(-c5ccc6c7ccccc7n(-c7ccccc7)c6c5)nc(-c5cc(-c6ccc7c8ccccc8n(-c8ccccc8)c7c6)cc(-c6ccc7c8ccccc8n(-c8ccccc8)c7c6)n5)c4)cc32)cc1. The Morgan fingerprint density at radius 3 is 0.682 bits per heavy atom. The second-order valence-electron chi connectivity index (χ2n) is 22.9. The predicted octanol–water partition coefficient (Wildman–Crippen LogP) is 21.2. The molecular formula is C82H52N6. The van der Waals surface area contributed by atoms with Crippen molar-refractivity contribution in [3.63, 3.8) is 0 Å². The molecule has 0 saturated heterocycles. The highest BCUT2D eigenvalue weighted by molar-refractivity contribution is 6.14. The number of pyridine rings is 2. The molecule has 6 heterocycles. The molecule has 18 aromatic rings. The lowest BCUT2D eigenvalue weighted by atomic mass is 9.97. The molecule has 0 saturated carbocycles. The molecule has 0 atom stereocenters. The number of rotatable bonds is 9. The van der Waals surface area contributed by atoms with Crippen LogP contribution in [0.15, 0.2) is 315 Å². The van der Waals surface area contributed by atoms with Crippen molar-refractivity contribution in [2.75, 3.05) is 0 Å². The molecule has 18 rings (SSSR count). The van der Waals surface area contributed by atoms with Crippen molar-refractivity contribution < 1.29 is 0 Å². The zero-order valence-electron chi connectivity index (χ0n) is 47.7. The van der Waals surface area contributed by atoms with Crippen LogP contribution in [0.1, 0.15) is 0 Å². The van der Waals surface area contributed by atoms with Crippen molar-refractivity contribution in [3.8, 4) is 78.9 Å². The second kappa shape index (κ2) is 19.9. The molecule has 0 fully saturated rings. The summed E-state index contributed by atoms with van der Waals surface area (Å²) in [5.74, 6) is 0. The van der Waals surface area contributed by atoms with Crippen LogP contribution in [0.5, 0.6) is 0 Å². The van der Waals surface area contributed by atoms with Crippen LogP contribution in [0.4, 0.5) is 0 Å². The van der Waals surface area contributed by atoms with E-state index in [1.807, 2.05) is 0 Å². The van der Waals surface area contributed by atoms with E-state index in [2.05, 4.69) is 334 Å². The first kappa shape index (κ1) is 49.6. The average molecular weight is 1120 g/mol. The summed E-state index contributed by atoms with van der Waals surface area (Å²) in [5.41, 5.74) is 23.0. The van der Waals surface area contributed by atoms with Crippen molar-refractivity contribution in [2.24, 2.45) is 0 Å². The second-order valence-corrected chi connectivity index (χ2v) is 22.9. The predicted molar refractivity (Wildman–Crippen MR) is 367 cm³/mol. The molecule has 0 spiro atoms. The summed E-state index contributed by atoms with van der Waals surface area (Å²) in [5, 5.41) is 9.60. The third-order valence-corrected chi connectivity index (χ3v) is 17.9. The van der Waals surface area contributed by atoms with Gasteiger partial charge in [-0.15, -0.1) is 0 Å². The van der Waals surface area contributed by atoms with Gasteiger partial charge in [-0.1, -0.05) is 194 Å². The summed E-state index contributed by atoms with van der Waals surface area (Å²) >= 11 is 0. The molecule has 6 heteroatoms. The fourth-order valence-electron chi connectivity index (χ4n) is 13.9. The molecule has 0 N–H and O–H groups in total. The van der Waals surface area contributed by atoms with Crippen LogP contribution in [0.3, 0.4) is 0 Å². The van der Waals surface area contributed by atoms with Crippen LogP contribution in [0.25, 0.3) is 166 Å². The fourth-order valence-corrected chi connectivity index (χ4v) is 13.9. The minimum Gasteiger partial charge on any atom is -0.309 e. The van der Waals surface area contributed by atoms with Gasteiger partial charge in [-0.3, -0.25) is 0 Å². The number of fused-ring (bicyclic) bond motifs is 12. The van der Waals surface area contributed by atoms with Crippen LogP contribution in [0, 0.1) is 0 Å². The monoisotopic (exact) mass is 1120 g/mol. The maximum absolute atomic E-state index is 5.77. The van der Waals surface area contributed by atoms with Gasteiger partial charge in [0.15, 0.2) is 0 Å². The molecule has 410 valence electrons. The van der Waals surface area contributed by atoms with Crippen molar-refractivity contribution in [1.29, 1.82) is 0 Å². The number of benzene rings is 12. The Morgan fingerprint density at radius 1 is 0.159 bits per heavy atom. The maximum atomic E-state index is 5.77. The zero-order valence-corrected chi connectivity index (χ0v) is 47.7. The molecule has 0 aliphatic rings. The van der Waals surface area contributed by atoms with E-state index in [4.69, 9.17) is 9.97 Å². The quantitative estimate of drug-likeness (QED) is 0.145. The molecule has 12 aromatic carbocycles. The van der Waals surface area contributed by atoms with Gasteiger partial charge in [0.2, 0.25) is 0 Å². The van der Waals surface area contributed by atoms with Gasteiger partial charge in [0.05, 0.1) is 66.9 Å². The van der Waals surface area contributed by atoms with Crippen LogP contribution in [-0.2, 0) is 0 Å². The topological polar surface area (TPSA) is 45.5 Å². The lowest BCUT2D eigenvalue weighted by Gasteiger charge is -2.15. The van der Waals surface area contributed by atoms with E-state index < -0.39 is 0 Å². The van der Waals surface area contributed by atoms with Gasteiger partial charge in [0, 0.05) is 77.0 Å². The van der Waals surface area contributed by atoms with Gasteiger partial charge in [0.25, 0.3) is 0 Å². The van der Waals surface area contributed by atoms with E-state index in [1.165, 1.54) is 43.1 Å². The number of para-hydroxylation sites is 8. The first-order valence-corrected chi connectivity index (χ1v) is 30.0. The summed E-state index contributed by atoms with van der Waals surface area (Å²) in [6.45, 7) is 0. The number of aromatic nitrogens is 6. The van der Waals surface area contributed by atoms with Crippen LogP contribution < -0.4 is 0 Å². The standard InChI is InChI=1S/C82H52N6/c1-5-21-59(22-6-1)85-75-33-17-13-29-63(75)67-41-37-53(49-79(67)85)57-45-71(55-39-43-69-65-31-15-19-35-77(65)87(81(69)51-55)61-25-9-3-10-26-61)83-73(47-57)74-48-58(54-38-42-68-64-30-14-18-34-76(64)86(80(68)50-54)60-23-7-2-8-24-60)46-72(84-74)56-40-44-70-66-32-16-20-36-78(66)88(82(70)52-56)62-27-11-4-12-28-62/h1-52H. The molecule has 0 amide bonds. The molecule has 0 unspecified atom stereocenters. The zero-order chi connectivity index (χ0) is 57.8. The van der Waals surface area contributed by atoms with Crippen molar-refractivity contribution in [1.82, 2.24) is 28.2 Å². The van der Waals surface area contributed by atoms with Crippen LogP contribution in [0.2, 0.25) is 0 Å². The van der Waals surface area contributed by atoms with Gasteiger partial charge in [-0.05, 0) is 144 Å². The number of hydrogen-bond donors (Lipinski definition) is 0. The molecule has 0 radical (unpaired) electrons. The minimum atomic E-state index is 0.766. The van der Waals surface area contributed by atoms with Gasteiger partial charge in [0.1, 0.15) is 0 Å². The van der Waals surface area contributed by atoms with Crippen LogP contribution in [-0.4, -0.2) is 28.2 Å². The summed E-state index contributed by atoms with van der Waals surface area (Å²) in [7, 11) is 0. The Bertz CT molecular complexity index is 5080. The summed E-state index contributed by atoms with van der Waals surface area (Å²) < 4.78 is 9.56. The highest BCUT2D eigenvalue weighted by Gasteiger charge is 2.22.